The summed E-state index contributed by atoms with van der Waals surface area (Å²) in [5, 5.41) is 6.44. The third-order valence-corrected chi connectivity index (χ3v) is 5.14. The summed E-state index contributed by atoms with van der Waals surface area (Å²) in [5.74, 6) is 1.37. The van der Waals surface area contributed by atoms with E-state index in [0.717, 1.165) is 38.5 Å². The normalized spacial score (nSPS) is 22.2. The fourth-order valence-corrected chi connectivity index (χ4v) is 3.75. The monoisotopic (exact) mass is 489 g/mol. The van der Waals surface area contributed by atoms with Crippen molar-refractivity contribution >= 4 is 39.8 Å². The number of nitrogens with zero attached hydrogens (tertiary/aromatic N) is 1. The topological polar surface area (TPSA) is 79.8 Å². The average molecular weight is 489 g/mol. The van der Waals surface area contributed by atoms with Gasteiger partial charge in [0.25, 0.3) is 0 Å². The van der Waals surface area contributed by atoms with Crippen molar-refractivity contribution in [3.05, 3.63) is 0 Å². The van der Waals surface area contributed by atoms with Crippen LogP contribution in [0.5, 0.6) is 0 Å². The van der Waals surface area contributed by atoms with Crippen molar-refractivity contribution in [1.29, 1.82) is 0 Å². The fraction of sp³-hybridized carbons (Fsp3) is 0.941. The van der Waals surface area contributed by atoms with Crippen LogP contribution < -0.4 is 10.6 Å². The largest absolute Gasteiger partial charge is 0.377 e. The Morgan fingerprint density at radius 1 is 1.28 bits per heavy atom. The highest BCUT2D eigenvalue weighted by atomic mass is 127. The zero-order valence-electron chi connectivity index (χ0n) is 16.3. The standard InChI is InChI=1S/C17H35N3O3S.HI/c1-6-18-16(19-10-8-12-24(5,21)22)20-13-14-9-7-11-23-15(14)17(2,3)4;/h14-15H,6-13H2,1-5H3,(H2,18,19,20);1H. The van der Waals surface area contributed by atoms with Crippen molar-refractivity contribution in [3.63, 3.8) is 0 Å². The second-order valence-electron chi connectivity index (χ2n) is 7.69. The molecule has 0 aromatic carbocycles. The van der Waals surface area contributed by atoms with E-state index in [1.165, 1.54) is 6.26 Å². The van der Waals surface area contributed by atoms with Crippen LogP contribution in [0.3, 0.4) is 0 Å². The van der Waals surface area contributed by atoms with Gasteiger partial charge in [0, 0.05) is 38.4 Å². The Labute approximate surface area is 170 Å². The van der Waals surface area contributed by atoms with Gasteiger partial charge in [0.2, 0.25) is 0 Å². The average Bonchev–Trinajstić information content (AvgIpc) is 2.47. The van der Waals surface area contributed by atoms with Gasteiger partial charge in [-0.1, -0.05) is 20.8 Å². The van der Waals surface area contributed by atoms with Crippen molar-refractivity contribution in [2.75, 3.05) is 38.2 Å². The van der Waals surface area contributed by atoms with Crippen LogP contribution >= 0.6 is 24.0 Å². The number of nitrogens with one attached hydrogen (secondary N) is 2. The van der Waals surface area contributed by atoms with E-state index in [4.69, 9.17) is 9.73 Å². The van der Waals surface area contributed by atoms with Crippen molar-refractivity contribution < 1.29 is 13.2 Å². The number of halogens is 1. The van der Waals surface area contributed by atoms with Crippen LogP contribution in [0.1, 0.15) is 47.0 Å². The number of guanidine groups is 1. The van der Waals surface area contributed by atoms with Gasteiger partial charge in [-0.3, -0.25) is 4.99 Å². The summed E-state index contributed by atoms with van der Waals surface area (Å²) in [6.07, 6.45) is 4.30. The minimum atomic E-state index is -2.90. The zero-order chi connectivity index (χ0) is 18.2. The summed E-state index contributed by atoms with van der Waals surface area (Å²) >= 11 is 0. The number of rotatable bonds is 7. The van der Waals surface area contributed by atoms with Crippen molar-refractivity contribution in [3.8, 4) is 0 Å². The highest BCUT2D eigenvalue weighted by molar-refractivity contribution is 14.0. The molecule has 2 N–H and O–H groups in total. The Morgan fingerprint density at radius 2 is 1.96 bits per heavy atom. The van der Waals surface area contributed by atoms with E-state index in [-0.39, 0.29) is 41.2 Å². The van der Waals surface area contributed by atoms with Crippen LogP contribution in [0, 0.1) is 11.3 Å². The molecule has 8 heteroatoms. The molecule has 2 atom stereocenters. The Kier molecular flexibility index (Phi) is 11.5. The predicted octanol–water partition coefficient (Wildman–Crippen LogP) is 2.44. The summed E-state index contributed by atoms with van der Waals surface area (Å²) in [7, 11) is -2.90. The molecule has 6 nitrogen and oxygen atoms in total. The number of hydrogen-bond donors (Lipinski definition) is 2. The SMILES string of the molecule is CCNC(=NCC1CCCOC1C(C)(C)C)NCCCS(C)(=O)=O.I. The minimum Gasteiger partial charge on any atom is -0.377 e. The highest BCUT2D eigenvalue weighted by Crippen LogP contribution is 2.34. The van der Waals surface area contributed by atoms with E-state index in [9.17, 15) is 8.42 Å². The molecular weight excluding hydrogens is 453 g/mol. The molecule has 1 heterocycles. The first-order chi connectivity index (χ1) is 11.1. The second kappa shape index (κ2) is 11.6. The predicted molar refractivity (Wildman–Crippen MR) is 116 cm³/mol. The van der Waals surface area contributed by atoms with Gasteiger partial charge in [-0.25, -0.2) is 8.42 Å². The van der Waals surface area contributed by atoms with Gasteiger partial charge in [-0.05, 0) is 31.6 Å². The smallest absolute Gasteiger partial charge is 0.191 e. The van der Waals surface area contributed by atoms with E-state index in [0.29, 0.717) is 18.9 Å². The van der Waals surface area contributed by atoms with Gasteiger partial charge >= 0.3 is 0 Å². The molecule has 0 aliphatic carbocycles. The lowest BCUT2D eigenvalue weighted by Gasteiger charge is -2.39. The molecule has 0 saturated carbocycles. The summed E-state index contributed by atoms with van der Waals surface area (Å²) in [5.41, 5.74) is 0.113. The summed E-state index contributed by atoms with van der Waals surface area (Å²) in [6, 6.07) is 0. The fourth-order valence-electron chi connectivity index (χ4n) is 3.08. The maximum atomic E-state index is 11.2. The summed E-state index contributed by atoms with van der Waals surface area (Å²) < 4.78 is 28.4. The summed E-state index contributed by atoms with van der Waals surface area (Å²) in [6.45, 7) is 11.6. The van der Waals surface area contributed by atoms with Crippen LogP contribution in [-0.2, 0) is 14.6 Å². The molecule has 0 amide bonds. The molecule has 1 saturated heterocycles. The maximum absolute atomic E-state index is 11.2. The van der Waals surface area contributed by atoms with Gasteiger partial charge in [0.05, 0.1) is 11.9 Å². The molecule has 0 aromatic heterocycles. The Hall–Kier alpha value is -0.0900. The molecule has 1 aliphatic rings. The van der Waals surface area contributed by atoms with Gasteiger partial charge in [0.1, 0.15) is 9.84 Å². The minimum absolute atomic E-state index is 0. The maximum Gasteiger partial charge on any atom is 0.191 e. The van der Waals surface area contributed by atoms with E-state index >= 15 is 0 Å². The van der Waals surface area contributed by atoms with Crippen molar-refractivity contribution in [2.24, 2.45) is 16.3 Å². The van der Waals surface area contributed by atoms with Crippen LogP contribution in [0.4, 0.5) is 0 Å². The van der Waals surface area contributed by atoms with Gasteiger partial charge in [-0.15, -0.1) is 24.0 Å². The number of hydrogen-bond acceptors (Lipinski definition) is 4. The Balaban J connectivity index is 0.00000576. The van der Waals surface area contributed by atoms with Crippen LogP contribution in [-0.4, -0.2) is 58.7 Å². The molecule has 0 radical (unpaired) electrons. The molecule has 1 aliphatic heterocycles. The van der Waals surface area contributed by atoms with Crippen LogP contribution in [0.15, 0.2) is 4.99 Å². The van der Waals surface area contributed by atoms with Gasteiger partial charge in [0.15, 0.2) is 5.96 Å². The number of aliphatic imine (C=N–C) groups is 1. The number of ether oxygens (including phenoxy) is 1. The lowest BCUT2D eigenvalue weighted by molar-refractivity contribution is -0.0823. The first-order valence-electron chi connectivity index (χ1n) is 8.95. The van der Waals surface area contributed by atoms with E-state index in [1.807, 2.05) is 6.92 Å². The van der Waals surface area contributed by atoms with E-state index < -0.39 is 9.84 Å². The lowest BCUT2D eigenvalue weighted by atomic mass is 9.78. The van der Waals surface area contributed by atoms with Gasteiger partial charge in [-0.2, -0.15) is 0 Å². The molecular formula is C17H36IN3O3S. The highest BCUT2D eigenvalue weighted by Gasteiger charge is 2.35. The first-order valence-corrected chi connectivity index (χ1v) is 11.0. The van der Waals surface area contributed by atoms with Crippen LogP contribution in [0.2, 0.25) is 0 Å². The molecule has 0 bridgehead atoms. The lowest BCUT2D eigenvalue weighted by Crippen LogP contribution is -2.43. The molecule has 0 aromatic rings. The molecule has 0 spiro atoms. The van der Waals surface area contributed by atoms with Crippen molar-refractivity contribution in [1.82, 2.24) is 10.6 Å². The molecule has 2 unspecified atom stereocenters. The number of sulfone groups is 1. The summed E-state index contributed by atoms with van der Waals surface area (Å²) in [4.78, 5) is 4.70. The Morgan fingerprint density at radius 3 is 2.52 bits per heavy atom. The quantitative estimate of drug-likeness (QED) is 0.249. The van der Waals surface area contributed by atoms with Crippen LogP contribution in [0.25, 0.3) is 0 Å². The molecule has 25 heavy (non-hydrogen) atoms. The molecule has 1 rings (SSSR count). The van der Waals surface area contributed by atoms with E-state index in [1.54, 1.807) is 0 Å². The van der Waals surface area contributed by atoms with Crippen molar-refractivity contribution in [2.45, 2.75) is 53.1 Å². The molecule has 150 valence electrons. The third-order valence-electron chi connectivity index (χ3n) is 4.11. The van der Waals surface area contributed by atoms with E-state index in [2.05, 4.69) is 31.4 Å². The van der Waals surface area contributed by atoms with Gasteiger partial charge < -0.3 is 15.4 Å². The zero-order valence-corrected chi connectivity index (χ0v) is 19.4. The third kappa shape index (κ3) is 10.6. The Bertz CT molecular complexity index is 504. The first kappa shape index (κ1) is 24.9. The second-order valence-corrected chi connectivity index (χ2v) is 9.95. The molecule has 1 fully saturated rings.